The normalized spacial score (nSPS) is 19.6. The van der Waals surface area contributed by atoms with Gasteiger partial charge in [-0.3, -0.25) is 5.10 Å². The molecular weight excluding hydrogens is 304 g/mol. The molecule has 1 saturated heterocycles. The summed E-state index contributed by atoms with van der Waals surface area (Å²) in [5, 5.41) is 21.4. The van der Waals surface area contributed by atoms with Crippen LogP contribution in [0.4, 0.5) is 5.82 Å². The van der Waals surface area contributed by atoms with Crippen LogP contribution in [0.1, 0.15) is 6.92 Å². The molecule has 0 spiro atoms. The Hall–Kier alpha value is -2.51. The Bertz CT molecular complexity index is 846. The predicted molar refractivity (Wildman–Crippen MR) is 92.8 cm³/mol. The number of hydrogen-bond acceptors (Lipinski definition) is 6. The van der Waals surface area contributed by atoms with Crippen molar-refractivity contribution >= 4 is 16.9 Å². The molecule has 4 rings (SSSR count). The van der Waals surface area contributed by atoms with E-state index in [9.17, 15) is 5.11 Å². The highest BCUT2D eigenvalue weighted by Crippen LogP contribution is 2.25. The minimum absolute atomic E-state index is 0.0568. The van der Waals surface area contributed by atoms with Crippen molar-refractivity contribution in [1.29, 1.82) is 0 Å². The van der Waals surface area contributed by atoms with Crippen molar-refractivity contribution in [2.45, 2.75) is 19.1 Å². The minimum Gasteiger partial charge on any atom is -0.392 e. The Morgan fingerprint density at radius 2 is 2.21 bits per heavy atom. The summed E-state index contributed by atoms with van der Waals surface area (Å²) in [4.78, 5) is 11.3. The number of rotatable bonds is 3. The summed E-state index contributed by atoms with van der Waals surface area (Å²) in [5.41, 5.74) is 2.41. The van der Waals surface area contributed by atoms with Gasteiger partial charge in [0, 0.05) is 31.2 Å². The van der Waals surface area contributed by atoms with Crippen molar-refractivity contribution in [3.05, 3.63) is 36.5 Å². The maximum atomic E-state index is 9.84. The molecule has 2 atom stereocenters. The molecule has 0 radical (unpaired) electrons. The number of H-pyrrole nitrogens is 1. The second kappa shape index (κ2) is 6.18. The molecule has 2 unspecified atom stereocenters. The molecule has 4 heterocycles. The van der Waals surface area contributed by atoms with Crippen LogP contribution in [0.25, 0.3) is 22.4 Å². The third kappa shape index (κ3) is 2.72. The molecule has 1 aliphatic heterocycles. The molecule has 7 nitrogen and oxygen atoms in total. The number of anilines is 1. The number of nitrogens with zero attached hydrogens (tertiary/aromatic N) is 4. The van der Waals surface area contributed by atoms with Gasteiger partial charge in [0.15, 0.2) is 5.65 Å². The Morgan fingerprint density at radius 1 is 1.29 bits per heavy atom. The van der Waals surface area contributed by atoms with Gasteiger partial charge in [-0.05, 0) is 31.2 Å². The molecule has 0 amide bonds. The highest BCUT2D eigenvalue weighted by atomic mass is 16.3. The van der Waals surface area contributed by atoms with Gasteiger partial charge < -0.3 is 15.3 Å². The molecule has 3 N–H and O–H groups in total. The first-order valence-corrected chi connectivity index (χ1v) is 8.15. The van der Waals surface area contributed by atoms with Crippen molar-refractivity contribution in [3.8, 4) is 11.4 Å². The zero-order valence-corrected chi connectivity index (χ0v) is 13.5. The van der Waals surface area contributed by atoms with Crippen molar-refractivity contribution < 1.29 is 5.11 Å². The predicted octanol–water partition coefficient (Wildman–Crippen LogP) is 1.18. The van der Waals surface area contributed by atoms with Gasteiger partial charge in [-0.2, -0.15) is 5.10 Å². The first-order valence-electron chi connectivity index (χ1n) is 8.15. The highest BCUT2D eigenvalue weighted by Gasteiger charge is 2.24. The van der Waals surface area contributed by atoms with Crippen LogP contribution in [-0.2, 0) is 0 Å². The maximum Gasteiger partial charge on any atom is 0.181 e. The number of pyridine rings is 2. The molecule has 0 bridgehead atoms. The number of aromatic amines is 1. The second-order valence-electron chi connectivity index (χ2n) is 6.10. The van der Waals surface area contributed by atoms with Gasteiger partial charge in [-0.1, -0.05) is 6.07 Å². The van der Waals surface area contributed by atoms with Crippen LogP contribution in [0.5, 0.6) is 0 Å². The van der Waals surface area contributed by atoms with E-state index in [1.807, 2.05) is 37.3 Å². The Kier molecular flexibility index (Phi) is 3.87. The first-order chi connectivity index (χ1) is 11.7. The number of aliphatic hydroxyl groups is 1. The number of fused-ring (bicyclic) bond motifs is 1. The Balaban J connectivity index is 1.66. The summed E-state index contributed by atoms with van der Waals surface area (Å²) in [6.07, 6.45) is 1.34. The van der Waals surface area contributed by atoms with Gasteiger partial charge in [0.25, 0.3) is 0 Å². The molecule has 0 saturated carbocycles. The minimum atomic E-state index is -0.390. The lowest BCUT2D eigenvalue weighted by Gasteiger charge is -2.35. The monoisotopic (exact) mass is 324 g/mol. The van der Waals surface area contributed by atoms with Crippen LogP contribution < -0.4 is 10.2 Å². The number of nitrogens with one attached hydrogen (secondary N) is 2. The molecule has 124 valence electrons. The van der Waals surface area contributed by atoms with Crippen LogP contribution in [0, 0.1) is 0 Å². The van der Waals surface area contributed by atoms with E-state index >= 15 is 0 Å². The van der Waals surface area contributed by atoms with Crippen molar-refractivity contribution in [2.75, 3.05) is 24.5 Å². The van der Waals surface area contributed by atoms with E-state index in [1.54, 1.807) is 6.20 Å². The van der Waals surface area contributed by atoms with E-state index in [0.717, 1.165) is 42.2 Å². The lowest BCUT2D eigenvalue weighted by atomic mass is 10.1. The number of piperazine rings is 1. The van der Waals surface area contributed by atoms with Crippen molar-refractivity contribution in [1.82, 2.24) is 25.5 Å². The average Bonchev–Trinajstić information content (AvgIpc) is 3.06. The summed E-state index contributed by atoms with van der Waals surface area (Å²) in [7, 11) is 0. The smallest absolute Gasteiger partial charge is 0.181 e. The summed E-state index contributed by atoms with van der Waals surface area (Å²) >= 11 is 0. The molecule has 3 aromatic rings. The fraction of sp³-hybridized carbons (Fsp3) is 0.353. The maximum absolute atomic E-state index is 9.84. The van der Waals surface area contributed by atoms with Crippen LogP contribution >= 0.6 is 0 Å². The van der Waals surface area contributed by atoms with Gasteiger partial charge in [-0.25, -0.2) is 9.97 Å². The van der Waals surface area contributed by atoms with Gasteiger partial charge in [-0.15, -0.1) is 0 Å². The quantitative estimate of drug-likeness (QED) is 0.670. The number of hydrogen-bond donors (Lipinski definition) is 3. The molecule has 24 heavy (non-hydrogen) atoms. The van der Waals surface area contributed by atoms with Crippen LogP contribution in [0.2, 0.25) is 0 Å². The molecule has 1 aliphatic rings. The van der Waals surface area contributed by atoms with E-state index in [1.165, 1.54) is 0 Å². The lowest BCUT2D eigenvalue weighted by molar-refractivity contribution is 0.141. The summed E-state index contributed by atoms with van der Waals surface area (Å²) in [6.45, 7) is 4.25. The standard InChI is InChI=1S/C17H20N6O/c1-11(24)14-10-23(9-8-18-14)15-6-2-5-13(20-15)16-12-4-3-7-19-17(12)22-21-16/h2-7,11,14,18,24H,8-10H2,1H3,(H,19,21,22). The molecule has 0 aliphatic carbocycles. The molecule has 1 fully saturated rings. The van der Waals surface area contributed by atoms with Crippen molar-refractivity contribution in [2.24, 2.45) is 0 Å². The van der Waals surface area contributed by atoms with E-state index in [4.69, 9.17) is 4.98 Å². The Labute approximate surface area is 139 Å². The van der Waals surface area contributed by atoms with Gasteiger partial charge >= 0.3 is 0 Å². The van der Waals surface area contributed by atoms with Gasteiger partial charge in [0.2, 0.25) is 0 Å². The van der Waals surface area contributed by atoms with Gasteiger partial charge in [0.05, 0.1) is 23.5 Å². The highest BCUT2D eigenvalue weighted by molar-refractivity contribution is 5.89. The largest absolute Gasteiger partial charge is 0.392 e. The zero-order chi connectivity index (χ0) is 16.5. The second-order valence-corrected chi connectivity index (χ2v) is 6.10. The number of aliphatic hydroxyl groups excluding tert-OH is 1. The lowest BCUT2D eigenvalue weighted by Crippen LogP contribution is -2.55. The van der Waals surface area contributed by atoms with E-state index < -0.39 is 6.10 Å². The third-order valence-electron chi connectivity index (χ3n) is 4.43. The molecule has 0 aromatic carbocycles. The van der Waals surface area contributed by atoms with E-state index in [2.05, 4.69) is 25.4 Å². The van der Waals surface area contributed by atoms with Crippen LogP contribution in [0.15, 0.2) is 36.5 Å². The summed E-state index contributed by atoms with van der Waals surface area (Å²) in [5.74, 6) is 0.909. The Morgan fingerprint density at radius 3 is 3.08 bits per heavy atom. The number of aromatic nitrogens is 4. The average molecular weight is 324 g/mol. The SMILES string of the molecule is CC(O)C1CN(c2cccc(-c3[nH]nc4ncccc34)n2)CCN1. The zero-order valence-electron chi connectivity index (χ0n) is 13.5. The molecule has 7 heteroatoms. The molecule has 3 aromatic heterocycles. The third-order valence-corrected chi connectivity index (χ3v) is 4.43. The topological polar surface area (TPSA) is 90.0 Å². The molecular formula is C17H20N6O. The van der Waals surface area contributed by atoms with Crippen LogP contribution in [0.3, 0.4) is 0 Å². The fourth-order valence-corrected chi connectivity index (χ4v) is 3.09. The van der Waals surface area contributed by atoms with E-state index in [0.29, 0.717) is 5.65 Å². The van der Waals surface area contributed by atoms with E-state index in [-0.39, 0.29) is 6.04 Å². The van der Waals surface area contributed by atoms with Crippen molar-refractivity contribution in [3.63, 3.8) is 0 Å². The van der Waals surface area contributed by atoms with Crippen LogP contribution in [-0.4, -0.2) is 57.1 Å². The first kappa shape index (κ1) is 15.0. The summed E-state index contributed by atoms with van der Waals surface area (Å²) < 4.78 is 0. The fourth-order valence-electron chi connectivity index (χ4n) is 3.09. The summed E-state index contributed by atoms with van der Waals surface area (Å²) in [6, 6.07) is 9.92. The van der Waals surface area contributed by atoms with Gasteiger partial charge in [0.1, 0.15) is 5.82 Å².